The van der Waals surface area contributed by atoms with Crippen molar-refractivity contribution in [3.63, 3.8) is 0 Å². The van der Waals surface area contributed by atoms with Crippen LogP contribution in [-0.2, 0) is 11.3 Å². The van der Waals surface area contributed by atoms with Crippen LogP contribution in [0.5, 0.6) is 5.75 Å². The first-order chi connectivity index (χ1) is 13.1. The molecule has 0 bridgehead atoms. The maximum Gasteiger partial charge on any atom is 0.342 e. The Morgan fingerprint density at radius 1 is 1.11 bits per heavy atom. The number of aromatic amines is 1. The van der Waals surface area contributed by atoms with Gasteiger partial charge in [-0.15, -0.1) is 11.3 Å². The lowest BCUT2D eigenvalue weighted by atomic mass is 10.1. The van der Waals surface area contributed by atoms with Crippen molar-refractivity contribution in [2.75, 3.05) is 0 Å². The van der Waals surface area contributed by atoms with Gasteiger partial charge in [-0.05, 0) is 17.7 Å². The number of hydrogen-bond acceptors (Lipinski definition) is 6. The minimum absolute atomic E-state index is 0.0587. The molecular formula is C20H14N2O4S. The van der Waals surface area contributed by atoms with Crippen molar-refractivity contribution < 1.29 is 14.6 Å². The Morgan fingerprint density at radius 2 is 1.85 bits per heavy atom. The van der Waals surface area contributed by atoms with Gasteiger partial charge >= 0.3 is 5.97 Å². The van der Waals surface area contributed by atoms with Crippen LogP contribution in [0.4, 0.5) is 0 Å². The number of aromatic nitrogens is 2. The number of fused-ring (bicyclic) bond motifs is 1. The Bertz CT molecular complexity index is 1180. The number of benzene rings is 2. The van der Waals surface area contributed by atoms with Crippen molar-refractivity contribution in [1.82, 2.24) is 9.97 Å². The number of phenols is 1. The number of H-pyrrole nitrogens is 1. The number of nitrogens with one attached hydrogen (secondary N) is 1. The third-order valence-corrected chi connectivity index (χ3v) is 4.91. The molecule has 0 amide bonds. The third kappa shape index (κ3) is 3.32. The molecule has 4 rings (SSSR count). The fraction of sp³-hybridized carbons (Fsp3) is 0.0500. The number of thiophene rings is 1. The molecule has 6 nitrogen and oxygen atoms in total. The molecular weight excluding hydrogens is 364 g/mol. The van der Waals surface area contributed by atoms with E-state index in [4.69, 9.17) is 4.74 Å². The molecule has 0 aliphatic heterocycles. The second kappa shape index (κ2) is 7.05. The van der Waals surface area contributed by atoms with Crippen molar-refractivity contribution in [2.24, 2.45) is 0 Å². The number of nitrogens with zero attached hydrogens (tertiary/aromatic N) is 1. The second-order valence-corrected chi connectivity index (χ2v) is 6.66. The quantitative estimate of drug-likeness (QED) is 0.528. The Labute approximate surface area is 157 Å². The number of esters is 1. The number of ether oxygens (including phenoxy) is 1. The van der Waals surface area contributed by atoms with Gasteiger partial charge in [-0.25, -0.2) is 9.78 Å². The number of rotatable bonds is 4. The van der Waals surface area contributed by atoms with E-state index in [0.717, 1.165) is 11.1 Å². The first-order valence-electron chi connectivity index (χ1n) is 8.14. The summed E-state index contributed by atoms with van der Waals surface area (Å²) in [6, 6.07) is 15.7. The highest BCUT2D eigenvalue weighted by atomic mass is 32.1. The smallest absolute Gasteiger partial charge is 0.342 e. The monoisotopic (exact) mass is 378 g/mol. The molecule has 2 N–H and O–H groups in total. The van der Waals surface area contributed by atoms with Gasteiger partial charge in [-0.2, -0.15) is 0 Å². The maximum atomic E-state index is 12.6. The first-order valence-corrected chi connectivity index (χ1v) is 9.02. The Morgan fingerprint density at radius 3 is 2.63 bits per heavy atom. The van der Waals surface area contributed by atoms with E-state index in [9.17, 15) is 14.7 Å². The summed E-state index contributed by atoms with van der Waals surface area (Å²) in [4.78, 5) is 32.3. The van der Waals surface area contributed by atoms with Crippen LogP contribution in [0.25, 0.3) is 21.3 Å². The zero-order chi connectivity index (χ0) is 18.8. The highest BCUT2D eigenvalue weighted by Gasteiger charge is 2.15. The van der Waals surface area contributed by atoms with E-state index in [2.05, 4.69) is 9.97 Å². The fourth-order valence-electron chi connectivity index (χ4n) is 2.75. The van der Waals surface area contributed by atoms with Crippen LogP contribution >= 0.6 is 11.3 Å². The lowest BCUT2D eigenvalue weighted by Crippen LogP contribution is -2.14. The average Bonchev–Trinajstić information content (AvgIpc) is 3.12. The first kappa shape index (κ1) is 17.0. The zero-order valence-electron chi connectivity index (χ0n) is 14.0. The molecule has 7 heteroatoms. The van der Waals surface area contributed by atoms with Gasteiger partial charge in [-0.1, -0.05) is 42.5 Å². The molecule has 134 valence electrons. The highest BCUT2D eigenvalue weighted by Crippen LogP contribution is 2.30. The lowest BCUT2D eigenvalue weighted by Gasteiger charge is -2.06. The predicted octanol–water partition coefficient (Wildman–Crippen LogP) is 3.71. The minimum Gasteiger partial charge on any atom is -0.507 e. The number of phenolic OH excluding ortho intramolecular Hbond substituents is 1. The molecule has 0 unspecified atom stereocenters. The van der Waals surface area contributed by atoms with Crippen molar-refractivity contribution >= 4 is 27.5 Å². The largest absolute Gasteiger partial charge is 0.507 e. The van der Waals surface area contributed by atoms with Gasteiger partial charge in [0.05, 0.1) is 5.39 Å². The Kier molecular flexibility index (Phi) is 4.43. The van der Waals surface area contributed by atoms with E-state index >= 15 is 0 Å². The summed E-state index contributed by atoms with van der Waals surface area (Å²) in [5.41, 5.74) is 1.54. The molecule has 0 atom stereocenters. The van der Waals surface area contributed by atoms with Crippen molar-refractivity contribution in [1.29, 1.82) is 0 Å². The molecule has 27 heavy (non-hydrogen) atoms. The van der Waals surface area contributed by atoms with Crippen molar-refractivity contribution in [2.45, 2.75) is 6.61 Å². The minimum atomic E-state index is -0.688. The predicted molar refractivity (Wildman–Crippen MR) is 103 cm³/mol. The van der Waals surface area contributed by atoms with Gasteiger partial charge in [0.2, 0.25) is 0 Å². The van der Waals surface area contributed by atoms with Crippen LogP contribution in [0.1, 0.15) is 16.2 Å². The van der Waals surface area contributed by atoms with Gasteiger partial charge in [0.15, 0.2) is 0 Å². The van der Waals surface area contributed by atoms with Crippen molar-refractivity contribution in [3.8, 4) is 16.9 Å². The van der Waals surface area contributed by atoms with E-state index < -0.39 is 5.97 Å². The van der Waals surface area contributed by atoms with Gasteiger partial charge in [0.1, 0.15) is 28.6 Å². The highest BCUT2D eigenvalue weighted by molar-refractivity contribution is 7.17. The molecule has 0 radical (unpaired) electrons. The molecule has 0 fully saturated rings. The zero-order valence-corrected chi connectivity index (χ0v) is 14.8. The second-order valence-electron chi connectivity index (χ2n) is 5.80. The molecule has 4 aromatic rings. The van der Waals surface area contributed by atoms with Crippen LogP contribution in [0.2, 0.25) is 0 Å². The van der Waals surface area contributed by atoms with E-state index in [0.29, 0.717) is 10.2 Å². The Balaban J connectivity index is 1.60. The third-order valence-electron chi connectivity index (χ3n) is 4.04. The Hall–Kier alpha value is -3.45. The molecule has 0 spiro atoms. The van der Waals surface area contributed by atoms with E-state index in [-0.39, 0.29) is 29.3 Å². The maximum absolute atomic E-state index is 12.6. The summed E-state index contributed by atoms with van der Waals surface area (Å²) in [7, 11) is 0. The van der Waals surface area contributed by atoms with E-state index in [1.807, 2.05) is 35.7 Å². The lowest BCUT2D eigenvalue weighted by molar-refractivity contribution is 0.0459. The fourth-order valence-corrected chi connectivity index (χ4v) is 3.72. The topological polar surface area (TPSA) is 92.3 Å². The summed E-state index contributed by atoms with van der Waals surface area (Å²) in [5, 5.41) is 12.1. The molecule has 0 aliphatic carbocycles. The number of hydrogen-bond donors (Lipinski definition) is 2. The van der Waals surface area contributed by atoms with Gasteiger partial charge in [0, 0.05) is 10.9 Å². The SMILES string of the molecule is O=C(OCc1nc2scc(-c3ccccc3)c2c(=O)[nH]1)c1ccccc1O. The van der Waals surface area contributed by atoms with Crippen LogP contribution in [0.3, 0.4) is 0 Å². The van der Waals surface area contributed by atoms with Gasteiger partial charge in [0.25, 0.3) is 5.56 Å². The summed E-state index contributed by atoms with van der Waals surface area (Å²) in [5.74, 6) is -0.602. The number of para-hydroxylation sites is 1. The molecule has 0 saturated carbocycles. The number of carbonyl (C=O) groups is 1. The number of aromatic hydroxyl groups is 1. The summed E-state index contributed by atoms with van der Waals surface area (Å²) in [6.07, 6.45) is 0. The van der Waals surface area contributed by atoms with Crippen LogP contribution in [0.15, 0.2) is 64.8 Å². The standard InChI is InChI=1S/C20H14N2O4S/c23-15-9-5-4-8-13(15)20(25)26-10-16-21-18(24)17-14(11-27-19(17)22-16)12-6-2-1-3-7-12/h1-9,11,23H,10H2,(H,21,22,24). The average molecular weight is 378 g/mol. The van der Waals surface area contributed by atoms with Gasteiger partial charge < -0.3 is 14.8 Å². The molecule has 2 aromatic heterocycles. The van der Waals surface area contributed by atoms with Crippen molar-refractivity contribution in [3.05, 3.63) is 81.7 Å². The summed E-state index contributed by atoms with van der Waals surface area (Å²) >= 11 is 1.36. The van der Waals surface area contributed by atoms with E-state index in [1.54, 1.807) is 12.1 Å². The number of carbonyl (C=O) groups excluding carboxylic acids is 1. The van der Waals surface area contributed by atoms with Crippen LogP contribution < -0.4 is 5.56 Å². The van der Waals surface area contributed by atoms with Gasteiger partial charge in [-0.3, -0.25) is 4.79 Å². The molecule has 2 heterocycles. The molecule has 0 saturated heterocycles. The summed E-state index contributed by atoms with van der Waals surface area (Å²) < 4.78 is 5.16. The molecule has 0 aliphatic rings. The normalized spacial score (nSPS) is 10.8. The molecule has 2 aromatic carbocycles. The van der Waals surface area contributed by atoms with Crippen LogP contribution in [0, 0.1) is 0 Å². The summed E-state index contributed by atoms with van der Waals surface area (Å²) in [6.45, 7) is -0.198. The van der Waals surface area contributed by atoms with Crippen LogP contribution in [-0.4, -0.2) is 21.0 Å². The van der Waals surface area contributed by atoms with E-state index in [1.165, 1.54) is 23.5 Å².